The molecule has 0 aliphatic carbocycles. The Bertz CT molecular complexity index is 209. The zero-order chi connectivity index (χ0) is 12.1. The van der Waals surface area contributed by atoms with Gasteiger partial charge in [0.2, 0.25) is 5.91 Å². The summed E-state index contributed by atoms with van der Waals surface area (Å²) in [6, 6.07) is -1.04. The van der Waals surface area contributed by atoms with E-state index in [1.54, 1.807) is 6.92 Å². The highest BCUT2D eigenvalue weighted by molar-refractivity contribution is 5.80. The van der Waals surface area contributed by atoms with E-state index in [-0.39, 0.29) is 6.61 Å². The van der Waals surface area contributed by atoms with E-state index in [1.807, 2.05) is 0 Å². The fraction of sp³-hybridized carbons (Fsp3) is 0.875. The molecule has 0 bridgehead atoms. The van der Waals surface area contributed by atoms with Crippen LogP contribution in [0.3, 0.4) is 0 Å². The molecule has 0 aliphatic heterocycles. The molecule has 0 radical (unpaired) electrons. The molecule has 0 rings (SSSR count). The third kappa shape index (κ3) is 6.29. The molecule has 0 spiro atoms. The van der Waals surface area contributed by atoms with Crippen LogP contribution in [0.5, 0.6) is 0 Å². The van der Waals surface area contributed by atoms with Gasteiger partial charge in [-0.15, -0.1) is 0 Å². The number of halogens is 3. The molecule has 0 fully saturated rings. The first-order valence-electron chi connectivity index (χ1n) is 4.36. The number of amides is 1. The zero-order valence-corrected chi connectivity index (χ0v) is 8.60. The quantitative estimate of drug-likeness (QED) is 0.686. The monoisotopic (exact) mass is 228 g/mol. The highest BCUT2D eigenvalue weighted by Gasteiger charge is 2.31. The number of nitrogens with one attached hydrogen (secondary N) is 1. The molecular weight excluding hydrogens is 213 g/mol. The van der Waals surface area contributed by atoms with Gasteiger partial charge in [-0.05, 0) is 0 Å². The average molecular weight is 228 g/mol. The molecule has 0 saturated heterocycles. The van der Waals surface area contributed by atoms with Gasteiger partial charge in [-0.2, -0.15) is 13.2 Å². The van der Waals surface area contributed by atoms with Gasteiger partial charge < -0.3 is 10.5 Å². The number of ether oxygens (including phenoxy) is 1. The molecular formula is C8H15F3N2O2. The van der Waals surface area contributed by atoms with E-state index in [2.05, 4.69) is 5.32 Å². The minimum absolute atomic E-state index is 0.165. The third-order valence-electron chi connectivity index (χ3n) is 1.83. The summed E-state index contributed by atoms with van der Waals surface area (Å²) in [7, 11) is 1.40. The molecule has 0 aliphatic rings. The van der Waals surface area contributed by atoms with Crippen LogP contribution in [0.25, 0.3) is 0 Å². The third-order valence-corrected chi connectivity index (χ3v) is 1.83. The molecule has 15 heavy (non-hydrogen) atoms. The molecule has 7 heteroatoms. The van der Waals surface area contributed by atoms with Gasteiger partial charge in [-0.1, -0.05) is 6.92 Å². The topological polar surface area (TPSA) is 64.3 Å². The summed E-state index contributed by atoms with van der Waals surface area (Å²) in [5.74, 6) is -1.22. The summed E-state index contributed by atoms with van der Waals surface area (Å²) in [5.41, 5.74) is 4.97. The second-order valence-electron chi connectivity index (χ2n) is 3.31. The van der Waals surface area contributed by atoms with Crippen LogP contribution >= 0.6 is 0 Å². The number of primary amides is 1. The summed E-state index contributed by atoms with van der Waals surface area (Å²) in [6.45, 7) is 0.509. The van der Waals surface area contributed by atoms with Gasteiger partial charge in [0.05, 0.1) is 19.2 Å². The van der Waals surface area contributed by atoms with E-state index in [4.69, 9.17) is 10.5 Å². The minimum atomic E-state index is -4.36. The number of rotatable bonds is 6. The number of methoxy groups -OCH3 is 1. The molecule has 4 nitrogen and oxygen atoms in total. The van der Waals surface area contributed by atoms with Crippen molar-refractivity contribution >= 4 is 5.91 Å². The van der Waals surface area contributed by atoms with Crippen LogP contribution < -0.4 is 11.1 Å². The average Bonchev–Trinajstić information content (AvgIpc) is 2.01. The van der Waals surface area contributed by atoms with Crippen molar-refractivity contribution in [1.29, 1.82) is 0 Å². The maximum atomic E-state index is 11.9. The van der Waals surface area contributed by atoms with Crippen LogP contribution in [0.15, 0.2) is 0 Å². The predicted octanol–water partition coefficient (Wildman–Crippen LogP) is 0.275. The van der Waals surface area contributed by atoms with E-state index >= 15 is 0 Å². The first-order valence-corrected chi connectivity index (χ1v) is 4.36. The first-order chi connectivity index (χ1) is 6.78. The van der Waals surface area contributed by atoms with Crippen molar-refractivity contribution in [2.45, 2.75) is 19.1 Å². The van der Waals surface area contributed by atoms with Crippen molar-refractivity contribution in [2.75, 3.05) is 20.3 Å². The summed E-state index contributed by atoms with van der Waals surface area (Å²) >= 11 is 0. The maximum Gasteiger partial charge on any atom is 0.401 e. The second-order valence-corrected chi connectivity index (χ2v) is 3.31. The lowest BCUT2D eigenvalue weighted by Crippen LogP contribution is -2.49. The highest BCUT2D eigenvalue weighted by Crippen LogP contribution is 2.14. The Balaban J connectivity index is 4.22. The number of carbonyl (C=O) groups is 1. The van der Waals surface area contributed by atoms with Crippen molar-refractivity contribution in [3.8, 4) is 0 Å². The fourth-order valence-electron chi connectivity index (χ4n) is 1.17. The summed E-state index contributed by atoms with van der Waals surface area (Å²) < 4.78 is 40.4. The molecule has 0 heterocycles. The van der Waals surface area contributed by atoms with Crippen molar-refractivity contribution < 1.29 is 22.7 Å². The van der Waals surface area contributed by atoms with Gasteiger partial charge in [-0.3, -0.25) is 10.1 Å². The van der Waals surface area contributed by atoms with Gasteiger partial charge in [0.15, 0.2) is 0 Å². The van der Waals surface area contributed by atoms with Crippen LogP contribution in [-0.2, 0) is 9.53 Å². The lowest BCUT2D eigenvalue weighted by molar-refractivity contribution is -0.132. The smallest absolute Gasteiger partial charge is 0.384 e. The number of carbonyl (C=O) groups excluding carboxylic acids is 1. The van der Waals surface area contributed by atoms with E-state index in [0.717, 1.165) is 0 Å². The Morgan fingerprint density at radius 1 is 1.53 bits per heavy atom. The number of nitrogens with two attached hydrogens (primary N) is 1. The number of hydrogen-bond acceptors (Lipinski definition) is 3. The van der Waals surface area contributed by atoms with Crippen LogP contribution in [0.1, 0.15) is 6.92 Å². The Morgan fingerprint density at radius 2 is 2.07 bits per heavy atom. The van der Waals surface area contributed by atoms with Crippen LogP contribution in [-0.4, -0.2) is 38.4 Å². The lowest BCUT2D eigenvalue weighted by Gasteiger charge is -2.22. The molecule has 0 aromatic carbocycles. The Kier molecular flexibility index (Phi) is 5.59. The van der Waals surface area contributed by atoms with Crippen molar-refractivity contribution in [3.63, 3.8) is 0 Å². The largest absolute Gasteiger partial charge is 0.401 e. The molecule has 0 aromatic rings. The van der Waals surface area contributed by atoms with Gasteiger partial charge in [0, 0.05) is 13.0 Å². The summed E-state index contributed by atoms with van der Waals surface area (Å²) in [4.78, 5) is 10.9. The SMILES string of the molecule is COCC(C)C(NCC(F)(F)F)C(N)=O. The first kappa shape index (κ1) is 14.2. The molecule has 1 amide bonds. The normalized spacial score (nSPS) is 16.1. The Morgan fingerprint density at radius 3 is 2.40 bits per heavy atom. The van der Waals surface area contributed by atoms with E-state index < -0.39 is 30.6 Å². The van der Waals surface area contributed by atoms with E-state index in [0.29, 0.717) is 0 Å². The molecule has 0 saturated carbocycles. The second kappa shape index (κ2) is 5.92. The van der Waals surface area contributed by atoms with Crippen molar-refractivity contribution in [2.24, 2.45) is 11.7 Å². The van der Waals surface area contributed by atoms with Gasteiger partial charge in [-0.25, -0.2) is 0 Å². The number of alkyl halides is 3. The fourth-order valence-corrected chi connectivity index (χ4v) is 1.17. The lowest BCUT2D eigenvalue weighted by atomic mass is 10.0. The molecule has 3 N–H and O–H groups in total. The minimum Gasteiger partial charge on any atom is -0.384 e. The van der Waals surface area contributed by atoms with Gasteiger partial charge >= 0.3 is 6.18 Å². The van der Waals surface area contributed by atoms with Crippen LogP contribution in [0.2, 0.25) is 0 Å². The number of hydrogen-bond donors (Lipinski definition) is 2. The zero-order valence-electron chi connectivity index (χ0n) is 8.60. The predicted molar refractivity (Wildman–Crippen MR) is 48.1 cm³/mol. The summed E-state index contributed by atoms with van der Waals surface area (Å²) in [5, 5.41) is 2.06. The standard InChI is InChI=1S/C8H15F3N2O2/c1-5(3-15-2)6(7(12)14)13-4-8(9,10)11/h5-6,13H,3-4H2,1-2H3,(H2,12,14). The molecule has 0 aromatic heterocycles. The van der Waals surface area contributed by atoms with Crippen molar-refractivity contribution in [1.82, 2.24) is 5.32 Å². The van der Waals surface area contributed by atoms with Crippen LogP contribution in [0.4, 0.5) is 13.2 Å². The summed E-state index contributed by atoms with van der Waals surface area (Å²) in [6.07, 6.45) is -4.36. The highest BCUT2D eigenvalue weighted by atomic mass is 19.4. The molecule has 2 atom stereocenters. The Labute approximate surface area is 86.0 Å². The van der Waals surface area contributed by atoms with E-state index in [9.17, 15) is 18.0 Å². The van der Waals surface area contributed by atoms with Gasteiger partial charge in [0.1, 0.15) is 0 Å². The van der Waals surface area contributed by atoms with Crippen LogP contribution in [0, 0.1) is 5.92 Å². The maximum absolute atomic E-state index is 11.9. The molecule has 90 valence electrons. The molecule has 2 unspecified atom stereocenters. The van der Waals surface area contributed by atoms with Gasteiger partial charge in [0.25, 0.3) is 0 Å². The van der Waals surface area contributed by atoms with E-state index in [1.165, 1.54) is 7.11 Å². The van der Waals surface area contributed by atoms with Crippen molar-refractivity contribution in [3.05, 3.63) is 0 Å². The Hall–Kier alpha value is -0.820.